The maximum Gasteiger partial charge on any atom is 0.277 e. The number of benzene rings is 1. The molecule has 26 heavy (non-hydrogen) atoms. The molecule has 1 fully saturated rings. The number of methoxy groups -OCH3 is 1. The molecule has 0 bridgehead atoms. The fourth-order valence-electron chi connectivity index (χ4n) is 3.44. The van der Waals surface area contributed by atoms with E-state index in [1.54, 1.807) is 7.11 Å². The molecule has 0 unspecified atom stereocenters. The number of piperazine rings is 1. The van der Waals surface area contributed by atoms with Crippen molar-refractivity contribution in [3.05, 3.63) is 41.1 Å². The third-order valence-corrected chi connectivity index (χ3v) is 5.03. The Morgan fingerprint density at radius 2 is 1.65 bits per heavy atom. The summed E-state index contributed by atoms with van der Waals surface area (Å²) < 4.78 is 5.07. The Morgan fingerprint density at radius 3 is 2.27 bits per heavy atom. The number of amides is 2. The molecule has 1 aromatic rings. The fourth-order valence-corrected chi connectivity index (χ4v) is 3.44. The van der Waals surface area contributed by atoms with E-state index < -0.39 is 0 Å². The highest BCUT2D eigenvalue weighted by Crippen LogP contribution is 2.32. The van der Waals surface area contributed by atoms with Crippen LogP contribution >= 0.6 is 0 Å². The van der Waals surface area contributed by atoms with Gasteiger partial charge in [0.2, 0.25) is 0 Å². The molecule has 2 amide bonds. The Labute approximate surface area is 155 Å². The van der Waals surface area contributed by atoms with Crippen LogP contribution in [0.5, 0.6) is 0 Å². The van der Waals surface area contributed by atoms with Crippen LogP contribution in [0.15, 0.2) is 30.0 Å². The maximum atomic E-state index is 13.1. The van der Waals surface area contributed by atoms with Crippen LogP contribution in [0, 0.1) is 6.92 Å². The number of carbonyl (C=O) groups excluding carboxylic acids is 2. The van der Waals surface area contributed by atoms with Crippen molar-refractivity contribution in [1.29, 1.82) is 0 Å². The topological polar surface area (TPSA) is 53.1 Å². The van der Waals surface area contributed by atoms with E-state index in [0.717, 1.165) is 37.3 Å². The van der Waals surface area contributed by atoms with Crippen LogP contribution in [-0.2, 0) is 14.3 Å². The van der Waals surface area contributed by atoms with Gasteiger partial charge in [0.1, 0.15) is 5.70 Å². The van der Waals surface area contributed by atoms with Crippen LogP contribution < -0.4 is 0 Å². The summed E-state index contributed by atoms with van der Waals surface area (Å²) in [6, 6.07) is 7.83. The van der Waals surface area contributed by atoms with E-state index in [2.05, 4.69) is 16.8 Å². The van der Waals surface area contributed by atoms with Crippen LogP contribution in [0.1, 0.15) is 17.5 Å². The van der Waals surface area contributed by atoms with E-state index in [9.17, 15) is 9.59 Å². The smallest absolute Gasteiger partial charge is 0.277 e. The Kier molecular flexibility index (Phi) is 5.74. The molecule has 0 spiro atoms. The Bertz CT molecular complexity index is 704. The average molecular weight is 357 g/mol. The molecular formula is C20H27N3O3. The highest BCUT2D eigenvalue weighted by molar-refractivity contribution is 6.35. The molecule has 0 aromatic heterocycles. The normalized spacial score (nSPS) is 19.0. The number of nitrogens with zero attached hydrogens (tertiary/aromatic N) is 3. The first kappa shape index (κ1) is 18.6. The van der Waals surface area contributed by atoms with E-state index in [4.69, 9.17) is 4.74 Å². The summed E-state index contributed by atoms with van der Waals surface area (Å²) in [5.74, 6) is -0.366. The molecule has 0 saturated carbocycles. The Hall–Kier alpha value is -2.18. The van der Waals surface area contributed by atoms with Gasteiger partial charge in [-0.05, 0) is 26.0 Å². The summed E-state index contributed by atoms with van der Waals surface area (Å²) in [5, 5.41) is 0. The van der Waals surface area contributed by atoms with Gasteiger partial charge in [-0.1, -0.05) is 29.8 Å². The molecule has 0 aliphatic carbocycles. The minimum absolute atomic E-state index is 0.175. The lowest BCUT2D eigenvalue weighted by atomic mass is 10.0. The lowest BCUT2D eigenvalue weighted by molar-refractivity contribution is -0.137. The Morgan fingerprint density at radius 1 is 1.00 bits per heavy atom. The molecule has 0 N–H and O–H groups in total. The summed E-state index contributed by atoms with van der Waals surface area (Å²) in [5.41, 5.74) is 3.04. The number of imide groups is 1. The van der Waals surface area contributed by atoms with Crippen molar-refractivity contribution in [3.8, 4) is 0 Å². The second-order valence-electron chi connectivity index (χ2n) is 6.99. The van der Waals surface area contributed by atoms with Gasteiger partial charge in [0.25, 0.3) is 11.8 Å². The summed E-state index contributed by atoms with van der Waals surface area (Å²) >= 11 is 0. The lowest BCUT2D eigenvalue weighted by Crippen LogP contribution is -2.46. The molecule has 3 rings (SSSR count). The molecule has 140 valence electrons. The summed E-state index contributed by atoms with van der Waals surface area (Å²) in [4.78, 5) is 31.9. The Balaban J connectivity index is 1.95. The minimum atomic E-state index is -0.191. The van der Waals surface area contributed by atoms with Gasteiger partial charge in [-0.25, -0.2) is 0 Å². The minimum Gasteiger partial charge on any atom is -0.385 e. The van der Waals surface area contributed by atoms with Gasteiger partial charge in [0, 0.05) is 46.4 Å². The predicted octanol–water partition coefficient (Wildman–Crippen LogP) is 1.36. The molecule has 6 heteroatoms. The summed E-state index contributed by atoms with van der Waals surface area (Å²) in [6.07, 6.45) is 0.644. The van der Waals surface area contributed by atoms with Gasteiger partial charge < -0.3 is 14.5 Å². The van der Waals surface area contributed by atoms with Gasteiger partial charge in [-0.2, -0.15) is 0 Å². The third-order valence-electron chi connectivity index (χ3n) is 5.03. The van der Waals surface area contributed by atoms with Crippen LogP contribution in [0.3, 0.4) is 0 Å². The van der Waals surface area contributed by atoms with E-state index in [0.29, 0.717) is 30.8 Å². The average Bonchev–Trinajstić information content (AvgIpc) is 2.88. The van der Waals surface area contributed by atoms with Gasteiger partial charge in [-0.15, -0.1) is 0 Å². The summed E-state index contributed by atoms with van der Waals surface area (Å²) in [6.45, 7) is 6.21. The fraction of sp³-hybridized carbons (Fsp3) is 0.500. The van der Waals surface area contributed by atoms with Gasteiger partial charge >= 0.3 is 0 Å². The zero-order chi connectivity index (χ0) is 18.7. The van der Waals surface area contributed by atoms with E-state index in [1.165, 1.54) is 4.90 Å². The van der Waals surface area contributed by atoms with E-state index in [1.807, 2.05) is 31.2 Å². The van der Waals surface area contributed by atoms with Crippen LogP contribution in [-0.4, -0.2) is 80.0 Å². The van der Waals surface area contributed by atoms with Crippen molar-refractivity contribution >= 4 is 17.4 Å². The molecule has 1 saturated heterocycles. The van der Waals surface area contributed by atoms with Crippen molar-refractivity contribution in [2.75, 3.05) is 53.5 Å². The molecule has 6 nitrogen and oxygen atoms in total. The number of aryl methyl sites for hydroxylation is 1. The number of hydrogen-bond acceptors (Lipinski definition) is 5. The zero-order valence-corrected chi connectivity index (χ0v) is 15.8. The standard InChI is InChI=1S/C20H27N3O3/c1-15-5-7-16(8-6-15)17-18(22-12-10-21(2)11-13-22)20(25)23(19(17)24)9-4-14-26-3/h5-8H,4,9-14H2,1-3H3. The molecule has 0 radical (unpaired) electrons. The molecule has 2 heterocycles. The van der Waals surface area contributed by atoms with Crippen LogP contribution in [0.25, 0.3) is 5.57 Å². The molecule has 0 atom stereocenters. The third kappa shape index (κ3) is 3.66. The van der Waals surface area contributed by atoms with Crippen LogP contribution in [0.2, 0.25) is 0 Å². The highest BCUT2D eigenvalue weighted by atomic mass is 16.5. The van der Waals surface area contributed by atoms with E-state index in [-0.39, 0.29) is 11.8 Å². The van der Waals surface area contributed by atoms with Crippen molar-refractivity contribution in [2.24, 2.45) is 0 Å². The van der Waals surface area contributed by atoms with Gasteiger partial charge in [0.05, 0.1) is 5.57 Å². The first-order valence-corrected chi connectivity index (χ1v) is 9.13. The van der Waals surface area contributed by atoms with Crippen molar-refractivity contribution < 1.29 is 14.3 Å². The van der Waals surface area contributed by atoms with Gasteiger partial charge in [0.15, 0.2) is 0 Å². The SMILES string of the molecule is COCCCN1C(=O)C(c2ccc(C)cc2)=C(N2CCN(C)CC2)C1=O. The predicted molar refractivity (Wildman–Crippen MR) is 100 cm³/mol. The van der Waals surface area contributed by atoms with Gasteiger partial charge in [-0.3, -0.25) is 14.5 Å². The van der Waals surface area contributed by atoms with Crippen molar-refractivity contribution in [3.63, 3.8) is 0 Å². The number of carbonyl (C=O) groups is 2. The molecular weight excluding hydrogens is 330 g/mol. The largest absolute Gasteiger partial charge is 0.385 e. The number of ether oxygens (including phenoxy) is 1. The first-order valence-electron chi connectivity index (χ1n) is 9.13. The number of likely N-dealkylation sites (N-methyl/N-ethyl adjacent to an activating group) is 1. The highest BCUT2D eigenvalue weighted by Gasteiger charge is 2.41. The maximum absolute atomic E-state index is 13.1. The zero-order valence-electron chi connectivity index (χ0n) is 15.8. The van der Waals surface area contributed by atoms with Crippen molar-refractivity contribution in [1.82, 2.24) is 14.7 Å². The second kappa shape index (κ2) is 8.01. The second-order valence-corrected chi connectivity index (χ2v) is 6.99. The first-order chi connectivity index (χ1) is 12.5. The number of hydrogen-bond donors (Lipinski definition) is 0. The molecule has 2 aliphatic rings. The quantitative estimate of drug-likeness (QED) is 0.568. The van der Waals surface area contributed by atoms with Crippen LogP contribution in [0.4, 0.5) is 0 Å². The molecule has 2 aliphatic heterocycles. The molecule has 1 aromatic carbocycles. The number of rotatable bonds is 6. The monoisotopic (exact) mass is 357 g/mol. The van der Waals surface area contributed by atoms with E-state index >= 15 is 0 Å². The lowest BCUT2D eigenvalue weighted by Gasteiger charge is -2.34. The summed E-state index contributed by atoms with van der Waals surface area (Å²) in [7, 11) is 3.70. The van der Waals surface area contributed by atoms with Crippen molar-refractivity contribution in [2.45, 2.75) is 13.3 Å².